The lowest BCUT2D eigenvalue weighted by atomic mass is 10.2. The lowest BCUT2D eigenvalue weighted by molar-refractivity contribution is 0.0502. The molecule has 0 aromatic carbocycles. The highest BCUT2D eigenvalue weighted by molar-refractivity contribution is 7.71. The summed E-state index contributed by atoms with van der Waals surface area (Å²) in [4.78, 5) is 4.22. The van der Waals surface area contributed by atoms with E-state index in [2.05, 4.69) is 17.0 Å². The maximum Gasteiger partial charge on any atom is 0.215 e. The largest absolute Gasteiger partial charge is 0.367 e. The summed E-state index contributed by atoms with van der Waals surface area (Å²) in [6.07, 6.45) is 2.58. The fraction of sp³-hybridized carbons (Fsp3) is 0.750. The first kappa shape index (κ1) is 8.90. The summed E-state index contributed by atoms with van der Waals surface area (Å²) in [5, 5.41) is 3.08. The number of nitrogens with one attached hydrogen (secondary N) is 1. The second-order valence-corrected chi connectivity index (χ2v) is 3.83. The Morgan fingerprint density at radius 2 is 2.38 bits per heavy atom. The third-order valence-corrected chi connectivity index (χ3v) is 2.69. The van der Waals surface area contributed by atoms with Crippen molar-refractivity contribution in [1.29, 1.82) is 0 Å². The van der Waals surface area contributed by atoms with Crippen molar-refractivity contribution in [3.8, 4) is 0 Å². The molecule has 72 valence electrons. The molecule has 0 radical (unpaired) electrons. The molecular weight excluding hydrogens is 186 g/mol. The van der Waals surface area contributed by atoms with Crippen LogP contribution in [0.15, 0.2) is 0 Å². The van der Waals surface area contributed by atoms with Crippen LogP contribution < -0.4 is 0 Å². The van der Waals surface area contributed by atoms with Crippen molar-refractivity contribution in [3.05, 3.63) is 10.6 Å². The van der Waals surface area contributed by atoms with Gasteiger partial charge in [0.2, 0.25) is 4.77 Å². The second kappa shape index (κ2) is 3.23. The lowest BCUT2D eigenvalue weighted by Gasteiger charge is -2.06. The van der Waals surface area contributed by atoms with Gasteiger partial charge < -0.3 is 4.74 Å². The second-order valence-electron chi connectivity index (χ2n) is 3.46. The highest BCUT2D eigenvalue weighted by Crippen LogP contribution is 2.30. The van der Waals surface area contributed by atoms with Crippen molar-refractivity contribution in [2.75, 3.05) is 0 Å². The van der Waals surface area contributed by atoms with E-state index in [1.165, 1.54) is 0 Å². The van der Waals surface area contributed by atoms with E-state index in [1.807, 2.05) is 7.05 Å². The molecule has 13 heavy (non-hydrogen) atoms. The molecule has 1 aliphatic heterocycles. The van der Waals surface area contributed by atoms with Gasteiger partial charge in [0.05, 0.1) is 6.10 Å². The summed E-state index contributed by atoms with van der Waals surface area (Å²) in [6, 6.07) is 0. The first-order valence-corrected chi connectivity index (χ1v) is 4.86. The number of hydrogen-bond acceptors (Lipinski definition) is 3. The molecule has 0 bridgehead atoms. The standard InChI is InChI=1S/C8H13N3OS/c1-5-3-4-6(12-5)7-9-8(13)11(2)10-7/h5-6H,3-4H2,1-2H3,(H,9,10,13). The van der Waals surface area contributed by atoms with Crippen molar-refractivity contribution in [2.45, 2.75) is 32.0 Å². The van der Waals surface area contributed by atoms with Gasteiger partial charge in [-0.05, 0) is 32.0 Å². The highest BCUT2D eigenvalue weighted by Gasteiger charge is 2.25. The van der Waals surface area contributed by atoms with Crippen LogP contribution in [0.1, 0.15) is 31.7 Å². The third kappa shape index (κ3) is 1.66. The smallest absolute Gasteiger partial charge is 0.215 e. The topological polar surface area (TPSA) is 42.8 Å². The van der Waals surface area contributed by atoms with Gasteiger partial charge in [0.15, 0.2) is 5.82 Å². The van der Waals surface area contributed by atoms with E-state index in [-0.39, 0.29) is 6.10 Å². The van der Waals surface area contributed by atoms with Crippen molar-refractivity contribution in [3.63, 3.8) is 0 Å². The summed E-state index contributed by atoms with van der Waals surface area (Å²) in [6.45, 7) is 2.08. The van der Waals surface area contributed by atoms with E-state index in [4.69, 9.17) is 17.0 Å². The van der Waals surface area contributed by atoms with Gasteiger partial charge in [-0.15, -0.1) is 0 Å². The van der Waals surface area contributed by atoms with E-state index < -0.39 is 0 Å². The van der Waals surface area contributed by atoms with Crippen molar-refractivity contribution in [1.82, 2.24) is 14.8 Å². The summed E-state index contributed by atoms with van der Waals surface area (Å²) >= 11 is 5.00. The zero-order valence-corrected chi connectivity index (χ0v) is 8.60. The van der Waals surface area contributed by atoms with Crippen LogP contribution in [-0.4, -0.2) is 20.9 Å². The van der Waals surface area contributed by atoms with Crippen LogP contribution in [0.25, 0.3) is 0 Å². The quantitative estimate of drug-likeness (QED) is 0.700. The number of ether oxygens (including phenoxy) is 1. The molecule has 5 heteroatoms. The Balaban J connectivity index is 2.21. The summed E-state index contributed by atoms with van der Waals surface area (Å²) in [7, 11) is 1.86. The van der Waals surface area contributed by atoms with Gasteiger partial charge in [-0.25, -0.2) is 4.98 Å². The van der Waals surface area contributed by atoms with Crippen LogP contribution >= 0.6 is 12.2 Å². The number of aromatic nitrogens is 3. The van der Waals surface area contributed by atoms with Crippen LogP contribution in [0.2, 0.25) is 0 Å². The van der Waals surface area contributed by atoms with Gasteiger partial charge in [0, 0.05) is 7.05 Å². The molecule has 4 nitrogen and oxygen atoms in total. The predicted molar refractivity (Wildman–Crippen MR) is 50.9 cm³/mol. The Hall–Kier alpha value is -0.680. The third-order valence-electron chi connectivity index (χ3n) is 2.32. The number of aromatic amines is 1. The molecule has 2 unspecified atom stereocenters. The number of hydrogen-bond donors (Lipinski definition) is 1. The van der Waals surface area contributed by atoms with Gasteiger partial charge in [-0.3, -0.25) is 9.78 Å². The fourth-order valence-electron chi connectivity index (χ4n) is 1.57. The van der Waals surface area contributed by atoms with Gasteiger partial charge >= 0.3 is 0 Å². The van der Waals surface area contributed by atoms with Crippen molar-refractivity contribution < 1.29 is 4.74 Å². The molecule has 0 saturated carbocycles. The maximum absolute atomic E-state index is 5.66. The molecule has 0 amide bonds. The van der Waals surface area contributed by atoms with Gasteiger partial charge in [-0.2, -0.15) is 0 Å². The van der Waals surface area contributed by atoms with Gasteiger partial charge in [0.1, 0.15) is 6.10 Å². The van der Waals surface area contributed by atoms with E-state index in [1.54, 1.807) is 4.68 Å². The molecule has 0 spiro atoms. The Labute approximate surface area is 81.9 Å². The molecule has 1 aromatic rings. The molecule has 2 rings (SSSR count). The van der Waals surface area contributed by atoms with Crippen LogP contribution in [0, 0.1) is 4.77 Å². The van der Waals surface area contributed by atoms with Crippen LogP contribution in [0.3, 0.4) is 0 Å². The SMILES string of the molecule is CC1CCC(c2nc(=S)n(C)[nH]2)O1. The minimum absolute atomic E-state index is 0.109. The van der Waals surface area contributed by atoms with E-state index >= 15 is 0 Å². The zero-order valence-electron chi connectivity index (χ0n) is 7.78. The fourth-order valence-corrected chi connectivity index (χ4v) is 1.71. The van der Waals surface area contributed by atoms with Crippen molar-refractivity contribution >= 4 is 12.2 Å². The van der Waals surface area contributed by atoms with Crippen LogP contribution in [0.4, 0.5) is 0 Å². The predicted octanol–water partition coefficient (Wildman–Crippen LogP) is 1.72. The van der Waals surface area contributed by atoms with E-state index in [9.17, 15) is 0 Å². The zero-order chi connectivity index (χ0) is 9.42. The minimum Gasteiger partial charge on any atom is -0.367 e. The maximum atomic E-state index is 5.66. The molecule has 1 N–H and O–H groups in total. The average Bonchev–Trinajstić information content (AvgIpc) is 2.61. The molecule has 2 atom stereocenters. The summed E-state index contributed by atoms with van der Waals surface area (Å²) < 4.78 is 7.98. The minimum atomic E-state index is 0.109. The van der Waals surface area contributed by atoms with E-state index in [0.29, 0.717) is 10.9 Å². The van der Waals surface area contributed by atoms with Crippen molar-refractivity contribution in [2.24, 2.45) is 7.05 Å². The van der Waals surface area contributed by atoms with Gasteiger partial charge in [-0.1, -0.05) is 0 Å². The number of nitrogens with zero attached hydrogens (tertiary/aromatic N) is 2. The number of aryl methyl sites for hydroxylation is 1. The normalized spacial score (nSPS) is 28.2. The molecule has 1 saturated heterocycles. The molecule has 1 aromatic heterocycles. The van der Waals surface area contributed by atoms with Crippen LogP contribution in [0.5, 0.6) is 0 Å². The Kier molecular flexibility index (Phi) is 2.21. The molecule has 2 heterocycles. The number of rotatable bonds is 1. The molecule has 0 aliphatic carbocycles. The number of H-pyrrole nitrogens is 1. The average molecular weight is 199 g/mol. The molecule has 1 fully saturated rings. The van der Waals surface area contributed by atoms with Gasteiger partial charge in [0.25, 0.3) is 0 Å². The molecular formula is C8H13N3OS. The van der Waals surface area contributed by atoms with E-state index in [0.717, 1.165) is 18.7 Å². The summed E-state index contributed by atoms with van der Waals surface area (Å²) in [5.74, 6) is 0.858. The Morgan fingerprint density at radius 3 is 2.85 bits per heavy atom. The highest BCUT2D eigenvalue weighted by atomic mass is 32.1. The Bertz CT molecular complexity index is 357. The Morgan fingerprint density at radius 1 is 1.62 bits per heavy atom. The van der Waals surface area contributed by atoms with Crippen LogP contribution in [-0.2, 0) is 11.8 Å². The first-order chi connectivity index (χ1) is 6.16. The monoisotopic (exact) mass is 199 g/mol. The summed E-state index contributed by atoms with van der Waals surface area (Å²) in [5.41, 5.74) is 0. The molecule has 1 aliphatic rings. The first-order valence-electron chi connectivity index (χ1n) is 4.45. The lowest BCUT2D eigenvalue weighted by Crippen LogP contribution is -2.03.